The van der Waals surface area contributed by atoms with Crippen LogP contribution in [-0.2, 0) is 6.54 Å². The molecule has 1 fully saturated rings. The first-order valence-corrected chi connectivity index (χ1v) is 9.72. The summed E-state index contributed by atoms with van der Waals surface area (Å²) >= 11 is 0. The van der Waals surface area contributed by atoms with Crippen molar-refractivity contribution in [2.75, 3.05) is 13.7 Å². The second kappa shape index (κ2) is 8.34. The summed E-state index contributed by atoms with van der Waals surface area (Å²) in [6, 6.07) is 15.3. The van der Waals surface area contributed by atoms with Crippen molar-refractivity contribution in [3.63, 3.8) is 0 Å². The Balaban J connectivity index is 1.44. The summed E-state index contributed by atoms with van der Waals surface area (Å²) in [5.74, 6) is 1.68. The SMILES string of the molecule is COc1cccc(-c2noc(C3CCCN3C(=O)NCc3ccc(C)cc3)n2)c1. The fourth-order valence-corrected chi connectivity index (χ4v) is 3.50. The zero-order valence-corrected chi connectivity index (χ0v) is 16.6. The van der Waals surface area contributed by atoms with Gasteiger partial charge < -0.3 is 19.5 Å². The standard InChI is InChI=1S/C22H24N4O3/c1-15-8-10-16(11-9-15)14-23-22(27)26-12-4-7-19(26)21-24-20(25-29-21)17-5-3-6-18(13-17)28-2/h3,5-6,8-11,13,19H,4,7,12,14H2,1-2H3,(H,23,27). The van der Waals surface area contributed by atoms with Gasteiger partial charge in [0.05, 0.1) is 7.11 Å². The summed E-state index contributed by atoms with van der Waals surface area (Å²) in [5, 5.41) is 7.10. The van der Waals surface area contributed by atoms with Gasteiger partial charge in [0.25, 0.3) is 0 Å². The number of hydrogen-bond donors (Lipinski definition) is 1. The van der Waals surface area contributed by atoms with Crippen molar-refractivity contribution in [3.05, 3.63) is 65.5 Å². The van der Waals surface area contributed by atoms with Crippen molar-refractivity contribution in [2.24, 2.45) is 0 Å². The number of rotatable bonds is 5. The third kappa shape index (κ3) is 4.23. The Morgan fingerprint density at radius 2 is 2.10 bits per heavy atom. The summed E-state index contributed by atoms with van der Waals surface area (Å²) < 4.78 is 10.8. The molecule has 3 aromatic rings. The van der Waals surface area contributed by atoms with Crippen LogP contribution in [0, 0.1) is 6.92 Å². The highest BCUT2D eigenvalue weighted by Gasteiger charge is 2.34. The number of carbonyl (C=O) groups is 1. The second-order valence-corrected chi connectivity index (χ2v) is 7.18. The van der Waals surface area contributed by atoms with Gasteiger partial charge >= 0.3 is 6.03 Å². The van der Waals surface area contributed by atoms with Crippen LogP contribution in [0.4, 0.5) is 4.79 Å². The molecule has 0 bridgehead atoms. The summed E-state index contributed by atoms with van der Waals surface area (Å²) in [6.07, 6.45) is 1.71. The van der Waals surface area contributed by atoms with Crippen molar-refractivity contribution in [3.8, 4) is 17.1 Å². The van der Waals surface area contributed by atoms with E-state index in [2.05, 4.69) is 15.5 Å². The van der Waals surface area contributed by atoms with E-state index in [1.165, 1.54) is 5.56 Å². The molecule has 1 aliphatic rings. The number of methoxy groups -OCH3 is 1. The number of likely N-dealkylation sites (tertiary alicyclic amines) is 1. The maximum absolute atomic E-state index is 12.7. The third-order valence-electron chi connectivity index (χ3n) is 5.13. The first kappa shape index (κ1) is 19.0. The first-order valence-electron chi connectivity index (χ1n) is 9.72. The van der Waals surface area contributed by atoms with Crippen LogP contribution in [0.3, 0.4) is 0 Å². The normalized spacial score (nSPS) is 16.1. The maximum Gasteiger partial charge on any atom is 0.318 e. The zero-order chi connectivity index (χ0) is 20.2. The number of aromatic nitrogens is 2. The third-order valence-corrected chi connectivity index (χ3v) is 5.13. The molecule has 150 valence electrons. The molecule has 0 aliphatic carbocycles. The molecule has 7 heteroatoms. The highest BCUT2D eigenvalue weighted by molar-refractivity contribution is 5.75. The largest absolute Gasteiger partial charge is 0.497 e. The monoisotopic (exact) mass is 392 g/mol. The molecule has 1 N–H and O–H groups in total. The topological polar surface area (TPSA) is 80.5 Å². The number of amides is 2. The van der Waals surface area contributed by atoms with Crippen molar-refractivity contribution >= 4 is 6.03 Å². The van der Waals surface area contributed by atoms with Crippen LogP contribution in [0.2, 0.25) is 0 Å². The highest BCUT2D eigenvalue weighted by Crippen LogP contribution is 2.32. The molecular weight excluding hydrogens is 368 g/mol. The number of aryl methyl sites for hydroxylation is 1. The maximum atomic E-state index is 12.7. The van der Waals surface area contributed by atoms with Gasteiger partial charge in [-0.1, -0.05) is 47.1 Å². The molecule has 1 aliphatic heterocycles. The molecule has 1 unspecified atom stereocenters. The van der Waals surface area contributed by atoms with Crippen LogP contribution >= 0.6 is 0 Å². The van der Waals surface area contributed by atoms with Gasteiger partial charge in [0.1, 0.15) is 11.8 Å². The number of nitrogens with one attached hydrogen (secondary N) is 1. The zero-order valence-electron chi connectivity index (χ0n) is 16.6. The highest BCUT2D eigenvalue weighted by atomic mass is 16.5. The molecule has 2 aromatic carbocycles. The minimum absolute atomic E-state index is 0.116. The summed E-state index contributed by atoms with van der Waals surface area (Å²) in [7, 11) is 1.62. The molecule has 0 spiro atoms. The van der Waals surface area contributed by atoms with E-state index >= 15 is 0 Å². The van der Waals surface area contributed by atoms with Crippen LogP contribution in [0.5, 0.6) is 5.75 Å². The second-order valence-electron chi connectivity index (χ2n) is 7.18. The molecule has 1 saturated heterocycles. The van der Waals surface area contributed by atoms with Crippen LogP contribution in [0.1, 0.15) is 35.9 Å². The predicted molar refractivity (Wildman–Crippen MR) is 108 cm³/mol. The number of ether oxygens (including phenoxy) is 1. The summed E-state index contributed by atoms with van der Waals surface area (Å²) in [5.41, 5.74) is 3.08. The molecule has 1 aromatic heterocycles. The Morgan fingerprint density at radius 3 is 2.90 bits per heavy atom. The smallest absolute Gasteiger partial charge is 0.318 e. The van der Waals surface area contributed by atoms with Crippen molar-refractivity contribution in [2.45, 2.75) is 32.4 Å². The number of urea groups is 1. The molecule has 7 nitrogen and oxygen atoms in total. The van der Waals surface area contributed by atoms with Gasteiger partial charge in [-0.2, -0.15) is 4.98 Å². The van der Waals surface area contributed by atoms with Crippen LogP contribution < -0.4 is 10.1 Å². The van der Waals surface area contributed by atoms with Gasteiger partial charge in [-0.3, -0.25) is 0 Å². The summed E-state index contributed by atoms with van der Waals surface area (Å²) in [4.78, 5) is 19.1. The Hall–Kier alpha value is -3.35. The summed E-state index contributed by atoms with van der Waals surface area (Å²) in [6.45, 7) is 3.20. The van der Waals surface area contributed by atoms with E-state index < -0.39 is 0 Å². The van der Waals surface area contributed by atoms with Gasteiger partial charge in [0, 0.05) is 18.7 Å². The van der Waals surface area contributed by atoms with E-state index in [0.29, 0.717) is 24.8 Å². The average molecular weight is 392 g/mol. The predicted octanol–water partition coefficient (Wildman–Crippen LogP) is 4.10. The fourth-order valence-electron chi connectivity index (χ4n) is 3.50. The van der Waals surface area contributed by atoms with E-state index in [1.54, 1.807) is 12.0 Å². The Morgan fingerprint density at radius 1 is 1.28 bits per heavy atom. The van der Waals surface area contributed by atoms with Gasteiger partial charge in [-0.25, -0.2) is 4.79 Å². The quantitative estimate of drug-likeness (QED) is 0.707. The number of hydrogen-bond acceptors (Lipinski definition) is 5. The molecule has 4 rings (SSSR count). The lowest BCUT2D eigenvalue weighted by atomic mass is 10.1. The fraction of sp³-hybridized carbons (Fsp3) is 0.318. The molecule has 29 heavy (non-hydrogen) atoms. The Kier molecular flexibility index (Phi) is 5.46. The molecular formula is C22H24N4O3. The lowest BCUT2D eigenvalue weighted by molar-refractivity contribution is 0.180. The van der Waals surface area contributed by atoms with E-state index in [0.717, 1.165) is 29.7 Å². The Labute approximate surface area is 169 Å². The van der Waals surface area contributed by atoms with Crippen LogP contribution in [0.25, 0.3) is 11.4 Å². The van der Waals surface area contributed by atoms with Gasteiger partial charge in [-0.05, 0) is 37.5 Å². The van der Waals surface area contributed by atoms with E-state index in [-0.39, 0.29) is 12.1 Å². The first-order chi connectivity index (χ1) is 14.1. The van der Waals surface area contributed by atoms with E-state index in [9.17, 15) is 4.79 Å². The molecule has 0 saturated carbocycles. The van der Waals surface area contributed by atoms with Gasteiger partial charge in [0.15, 0.2) is 0 Å². The molecule has 2 amide bonds. The minimum atomic E-state index is -0.208. The minimum Gasteiger partial charge on any atom is -0.497 e. The number of carbonyl (C=O) groups excluding carboxylic acids is 1. The Bertz CT molecular complexity index is 984. The molecule has 2 heterocycles. The van der Waals surface area contributed by atoms with Crippen LogP contribution in [0.15, 0.2) is 53.1 Å². The lowest BCUT2D eigenvalue weighted by Gasteiger charge is -2.22. The lowest BCUT2D eigenvalue weighted by Crippen LogP contribution is -2.39. The average Bonchev–Trinajstić information content (AvgIpc) is 3.42. The van der Waals surface area contributed by atoms with Crippen molar-refractivity contribution in [1.82, 2.24) is 20.4 Å². The van der Waals surface area contributed by atoms with Crippen LogP contribution in [-0.4, -0.2) is 34.7 Å². The molecule has 0 radical (unpaired) electrons. The van der Waals surface area contributed by atoms with E-state index in [4.69, 9.17) is 9.26 Å². The van der Waals surface area contributed by atoms with Crippen molar-refractivity contribution in [1.29, 1.82) is 0 Å². The van der Waals surface area contributed by atoms with Crippen molar-refractivity contribution < 1.29 is 14.1 Å². The van der Waals surface area contributed by atoms with Gasteiger partial charge in [0.2, 0.25) is 11.7 Å². The van der Waals surface area contributed by atoms with E-state index in [1.807, 2.05) is 55.5 Å². The van der Waals surface area contributed by atoms with Gasteiger partial charge in [-0.15, -0.1) is 0 Å². The number of nitrogens with zero attached hydrogens (tertiary/aromatic N) is 3. The molecule has 1 atom stereocenters. The number of benzene rings is 2.